The van der Waals surface area contributed by atoms with Gasteiger partial charge >= 0.3 is 18.2 Å². The van der Waals surface area contributed by atoms with Crippen LogP contribution in [0.25, 0.3) is 11.3 Å². The summed E-state index contributed by atoms with van der Waals surface area (Å²) in [6.07, 6.45) is -3.40. The van der Waals surface area contributed by atoms with Crippen LogP contribution in [-0.4, -0.2) is 30.8 Å². The molecular formula is C16H10ClF3N4O3. The van der Waals surface area contributed by atoms with Crippen LogP contribution in [0.5, 0.6) is 6.01 Å². The van der Waals surface area contributed by atoms with Gasteiger partial charge in [-0.1, -0.05) is 23.7 Å². The number of carbonyl (C=O) groups is 1. The van der Waals surface area contributed by atoms with Crippen molar-refractivity contribution in [1.82, 2.24) is 19.7 Å². The largest absolute Gasteiger partial charge is 0.476 e. The standard InChI is InChI=1S/C16H10ClF3N4O3/c17-10-3-1-9(2-4-10)12-7-13(16(18,19)20)22-15(21-12)27-8-24-6-5-11(23-24)14(25)26/h1-7H,8H2,(H,25,26). The van der Waals surface area contributed by atoms with E-state index in [2.05, 4.69) is 15.1 Å². The second-order valence-electron chi connectivity index (χ2n) is 5.24. The van der Waals surface area contributed by atoms with Gasteiger partial charge in [0.25, 0.3) is 0 Å². The van der Waals surface area contributed by atoms with Crippen molar-refractivity contribution in [3.8, 4) is 17.3 Å². The second kappa shape index (κ2) is 7.23. The summed E-state index contributed by atoms with van der Waals surface area (Å²) in [4.78, 5) is 18.1. The molecule has 0 spiro atoms. The number of hydrogen-bond acceptors (Lipinski definition) is 5. The van der Waals surface area contributed by atoms with E-state index in [9.17, 15) is 18.0 Å². The van der Waals surface area contributed by atoms with Crippen LogP contribution >= 0.6 is 11.6 Å². The molecule has 2 aromatic heterocycles. The van der Waals surface area contributed by atoms with E-state index < -0.39 is 23.8 Å². The summed E-state index contributed by atoms with van der Waals surface area (Å²) in [7, 11) is 0. The Morgan fingerprint density at radius 3 is 2.48 bits per heavy atom. The highest BCUT2D eigenvalue weighted by atomic mass is 35.5. The van der Waals surface area contributed by atoms with Gasteiger partial charge in [-0.25, -0.2) is 9.48 Å². The first kappa shape index (κ1) is 18.6. The third kappa shape index (κ3) is 4.53. The van der Waals surface area contributed by atoms with Gasteiger partial charge in [0.1, 0.15) is 0 Å². The van der Waals surface area contributed by atoms with Crippen molar-refractivity contribution < 1.29 is 27.8 Å². The molecule has 0 aliphatic heterocycles. The van der Waals surface area contributed by atoms with Gasteiger partial charge < -0.3 is 9.84 Å². The van der Waals surface area contributed by atoms with Crippen molar-refractivity contribution in [2.75, 3.05) is 0 Å². The number of nitrogens with zero attached hydrogens (tertiary/aromatic N) is 4. The summed E-state index contributed by atoms with van der Waals surface area (Å²) in [5.74, 6) is -1.24. The van der Waals surface area contributed by atoms with Crippen LogP contribution in [0.3, 0.4) is 0 Å². The summed E-state index contributed by atoms with van der Waals surface area (Å²) in [5, 5.41) is 12.9. The molecule has 1 N–H and O–H groups in total. The molecule has 140 valence electrons. The predicted molar refractivity (Wildman–Crippen MR) is 87.3 cm³/mol. The maximum absolute atomic E-state index is 13.1. The SMILES string of the molecule is O=C(O)c1ccn(COc2nc(-c3ccc(Cl)cc3)cc(C(F)(F)F)n2)n1. The van der Waals surface area contributed by atoms with E-state index in [0.29, 0.717) is 10.6 Å². The minimum absolute atomic E-state index is 0.00400. The van der Waals surface area contributed by atoms with Crippen molar-refractivity contribution in [2.45, 2.75) is 12.9 Å². The van der Waals surface area contributed by atoms with Crippen molar-refractivity contribution in [1.29, 1.82) is 0 Å². The van der Waals surface area contributed by atoms with Crippen molar-refractivity contribution in [3.63, 3.8) is 0 Å². The van der Waals surface area contributed by atoms with Crippen molar-refractivity contribution in [3.05, 3.63) is 59.0 Å². The lowest BCUT2D eigenvalue weighted by Gasteiger charge is -2.11. The first-order valence-corrected chi connectivity index (χ1v) is 7.72. The summed E-state index contributed by atoms with van der Waals surface area (Å²) >= 11 is 5.79. The second-order valence-corrected chi connectivity index (χ2v) is 5.68. The molecule has 0 unspecified atom stereocenters. The fourth-order valence-electron chi connectivity index (χ4n) is 2.07. The lowest BCUT2D eigenvalue weighted by molar-refractivity contribution is -0.141. The topological polar surface area (TPSA) is 90.1 Å². The van der Waals surface area contributed by atoms with Gasteiger partial charge in [0, 0.05) is 16.8 Å². The van der Waals surface area contributed by atoms with Gasteiger partial charge in [-0.2, -0.15) is 28.2 Å². The third-order valence-electron chi connectivity index (χ3n) is 3.32. The van der Waals surface area contributed by atoms with E-state index in [1.165, 1.54) is 36.5 Å². The highest BCUT2D eigenvalue weighted by Gasteiger charge is 2.34. The number of ether oxygens (including phenoxy) is 1. The number of benzene rings is 1. The monoisotopic (exact) mass is 398 g/mol. The van der Waals surface area contributed by atoms with Crippen LogP contribution in [0.2, 0.25) is 5.02 Å². The maximum atomic E-state index is 13.1. The highest BCUT2D eigenvalue weighted by Crippen LogP contribution is 2.31. The molecular weight excluding hydrogens is 389 g/mol. The molecule has 0 fully saturated rings. The average molecular weight is 399 g/mol. The first-order valence-electron chi connectivity index (χ1n) is 7.34. The van der Waals surface area contributed by atoms with Crippen LogP contribution in [-0.2, 0) is 12.9 Å². The summed E-state index contributed by atoms with van der Waals surface area (Å²) in [6.45, 7) is -0.366. The van der Waals surface area contributed by atoms with E-state index in [1.807, 2.05) is 0 Å². The number of carboxylic acids is 1. The van der Waals surface area contributed by atoms with Gasteiger partial charge in [-0.3, -0.25) is 0 Å². The Bertz CT molecular complexity index is 974. The third-order valence-corrected chi connectivity index (χ3v) is 3.57. The molecule has 0 atom stereocenters. The van der Waals surface area contributed by atoms with Gasteiger partial charge in [0.15, 0.2) is 18.1 Å². The fraction of sp³-hybridized carbons (Fsp3) is 0.125. The van der Waals surface area contributed by atoms with Crippen LogP contribution in [0.15, 0.2) is 42.6 Å². The Balaban J connectivity index is 1.90. The lowest BCUT2D eigenvalue weighted by Crippen LogP contribution is -2.13. The fourth-order valence-corrected chi connectivity index (χ4v) is 2.20. The number of carboxylic acid groups (broad SMARTS) is 1. The summed E-state index contributed by atoms with van der Waals surface area (Å²) < 4.78 is 45.7. The summed E-state index contributed by atoms with van der Waals surface area (Å²) in [6, 6.07) is 7.56. The van der Waals surface area contributed by atoms with Gasteiger partial charge in [0.2, 0.25) is 0 Å². The van der Waals surface area contributed by atoms with E-state index >= 15 is 0 Å². The molecule has 11 heteroatoms. The van der Waals surface area contributed by atoms with Crippen LogP contribution in [0, 0.1) is 0 Å². The molecule has 0 amide bonds. The Hall–Kier alpha value is -3.14. The number of halogens is 4. The van der Waals surface area contributed by atoms with Gasteiger partial charge in [0.05, 0.1) is 5.69 Å². The Kier molecular flexibility index (Phi) is 5.00. The summed E-state index contributed by atoms with van der Waals surface area (Å²) in [5.41, 5.74) is -1.02. The first-order chi connectivity index (χ1) is 12.7. The molecule has 0 radical (unpaired) electrons. The molecule has 0 aliphatic carbocycles. The number of hydrogen-bond donors (Lipinski definition) is 1. The highest BCUT2D eigenvalue weighted by molar-refractivity contribution is 6.30. The van der Waals surface area contributed by atoms with Crippen molar-refractivity contribution in [2.24, 2.45) is 0 Å². The Morgan fingerprint density at radius 2 is 1.89 bits per heavy atom. The van der Waals surface area contributed by atoms with Crippen molar-refractivity contribution >= 4 is 17.6 Å². The van der Waals surface area contributed by atoms with Crippen LogP contribution in [0.1, 0.15) is 16.2 Å². The number of aromatic nitrogens is 4. The smallest absolute Gasteiger partial charge is 0.433 e. The Labute approximate surface area is 155 Å². The van der Waals surface area contributed by atoms with E-state index in [-0.39, 0.29) is 18.1 Å². The average Bonchev–Trinajstić information content (AvgIpc) is 3.09. The molecule has 1 aromatic carbocycles. The molecule has 0 bridgehead atoms. The van der Waals surface area contributed by atoms with E-state index in [4.69, 9.17) is 21.4 Å². The zero-order valence-corrected chi connectivity index (χ0v) is 14.1. The molecule has 2 heterocycles. The molecule has 27 heavy (non-hydrogen) atoms. The molecule has 0 aliphatic rings. The minimum Gasteiger partial charge on any atom is -0.476 e. The van der Waals surface area contributed by atoms with Gasteiger partial charge in [-0.05, 0) is 24.3 Å². The molecule has 0 saturated carbocycles. The number of aromatic carboxylic acids is 1. The molecule has 3 aromatic rings. The van der Waals surface area contributed by atoms with Gasteiger partial charge in [-0.15, -0.1) is 0 Å². The molecule has 3 rings (SSSR count). The quantitative estimate of drug-likeness (QED) is 0.704. The molecule has 0 saturated heterocycles. The minimum atomic E-state index is -4.70. The zero-order valence-electron chi connectivity index (χ0n) is 13.3. The predicted octanol–water partition coefficient (Wildman–Crippen LogP) is 3.75. The van der Waals surface area contributed by atoms with E-state index in [0.717, 1.165) is 10.7 Å². The normalized spacial score (nSPS) is 11.4. The number of rotatable bonds is 5. The molecule has 7 nitrogen and oxygen atoms in total. The van der Waals surface area contributed by atoms with Crippen LogP contribution < -0.4 is 4.74 Å². The maximum Gasteiger partial charge on any atom is 0.433 e. The Morgan fingerprint density at radius 1 is 1.19 bits per heavy atom. The van der Waals surface area contributed by atoms with E-state index in [1.54, 1.807) is 0 Å². The van der Waals surface area contributed by atoms with Crippen LogP contribution in [0.4, 0.5) is 13.2 Å². The zero-order chi connectivity index (χ0) is 19.6. The lowest BCUT2D eigenvalue weighted by atomic mass is 10.1. The number of alkyl halides is 3.